The van der Waals surface area contributed by atoms with Gasteiger partial charge in [-0.05, 0) is 30.7 Å². The van der Waals surface area contributed by atoms with Gasteiger partial charge in [-0.25, -0.2) is 0 Å². The van der Waals surface area contributed by atoms with E-state index in [4.69, 9.17) is 0 Å². The monoisotopic (exact) mass is 277 g/mol. The average molecular weight is 277 g/mol. The van der Waals surface area contributed by atoms with E-state index in [1.807, 2.05) is 43.3 Å². The molecule has 0 aliphatic carbocycles. The zero-order chi connectivity index (χ0) is 15.0. The summed E-state index contributed by atoms with van der Waals surface area (Å²) in [4.78, 5) is 25.2. The number of hydrogen-bond donors (Lipinski definition) is 2. The Morgan fingerprint density at radius 3 is 2.30 bits per heavy atom. The SMILES string of the molecule is CCCCNC(=O)CC(=O)Nc1ccc(N(C)C)cc1. The molecule has 0 aliphatic rings. The number of hydrogen-bond acceptors (Lipinski definition) is 3. The molecule has 1 aromatic carbocycles. The number of nitrogens with zero attached hydrogens (tertiary/aromatic N) is 1. The second-order valence-electron chi connectivity index (χ2n) is 4.87. The largest absolute Gasteiger partial charge is 0.378 e. The van der Waals surface area contributed by atoms with Crippen molar-refractivity contribution in [3.63, 3.8) is 0 Å². The van der Waals surface area contributed by atoms with Crippen LogP contribution < -0.4 is 15.5 Å². The number of carbonyl (C=O) groups is 2. The Balaban J connectivity index is 2.40. The van der Waals surface area contributed by atoms with Crippen LogP contribution in [0.2, 0.25) is 0 Å². The Hall–Kier alpha value is -2.04. The highest BCUT2D eigenvalue weighted by Crippen LogP contribution is 2.15. The van der Waals surface area contributed by atoms with Gasteiger partial charge in [0.2, 0.25) is 11.8 Å². The first-order valence-corrected chi connectivity index (χ1v) is 6.87. The van der Waals surface area contributed by atoms with Crippen LogP contribution in [0.3, 0.4) is 0 Å². The summed E-state index contributed by atoms with van der Waals surface area (Å²) in [7, 11) is 3.91. The first-order chi connectivity index (χ1) is 9.52. The van der Waals surface area contributed by atoms with Crippen LogP contribution in [0.4, 0.5) is 11.4 Å². The van der Waals surface area contributed by atoms with E-state index in [0.29, 0.717) is 12.2 Å². The molecule has 2 amide bonds. The highest BCUT2D eigenvalue weighted by atomic mass is 16.2. The normalized spacial score (nSPS) is 9.95. The number of rotatable bonds is 7. The molecule has 0 saturated carbocycles. The van der Waals surface area contributed by atoms with Crippen molar-refractivity contribution >= 4 is 23.2 Å². The van der Waals surface area contributed by atoms with Crippen molar-refractivity contribution in [2.75, 3.05) is 30.9 Å². The second kappa shape index (κ2) is 8.19. The molecule has 5 nitrogen and oxygen atoms in total. The summed E-state index contributed by atoms with van der Waals surface area (Å²) < 4.78 is 0. The lowest BCUT2D eigenvalue weighted by molar-refractivity contribution is -0.126. The third-order valence-electron chi connectivity index (χ3n) is 2.84. The van der Waals surface area contributed by atoms with Crippen molar-refractivity contribution < 1.29 is 9.59 Å². The zero-order valence-corrected chi connectivity index (χ0v) is 12.4. The molecule has 0 atom stereocenters. The minimum Gasteiger partial charge on any atom is -0.378 e. The van der Waals surface area contributed by atoms with E-state index in [1.54, 1.807) is 0 Å². The number of amides is 2. The molecule has 5 heteroatoms. The van der Waals surface area contributed by atoms with Gasteiger partial charge in [0, 0.05) is 32.0 Å². The fraction of sp³-hybridized carbons (Fsp3) is 0.467. The molecule has 1 rings (SSSR count). The van der Waals surface area contributed by atoms with Crippen LogP contribution in [0, 0.1) is 0 Å². The maximum atomic E-state index is 11.7. The van der Waals surface area contributed by atoms with Gasteiger partial charge in [0.05, 0.1) is 0 Å². The topological polar surface area (TPSA) is 61.4 Å². The molecule has 0 aliphatic heterocycles. The molecular formula is C15H23N3O2. The van der Waals surface area contributed by atoms with Gasteiger partial charge in [0.25, 0.3) is 0 Å². The summed E-state index contributed by atoms with van der Waals surface area (Å²) in [5, 5.41) is 5.43. The Morgan fingerprint density at radius 1 is 1.10 bits per heavy atom. The molecule has 0 radical (unpaired) electrons. The molecule has 0 heterocycles. The molecule has 0 bridgehead atoms. The number of anilines is 2. The Morgan fingerprint density at radius 2 is 1.75 bits per heavy atom. The predicted molar refractivity (Wildman–Crippen MR) is 81.9 cm³/mol. The van der Waals surface area contributed by atoms with Crippen molar-refractivity contribution in [2.24, 2.45) is 0 Å². The minimum absolute atomic E-state index is 0.140. The van der Waals surface area contributed by atoms with Crippen molar-refractivity contribution in [1.29, 1.82) is 0 Å². The fourth-order valence-corrected chi connectivity index (χ4v) is 1.66. The first kappa shape index (κ1) is 16.0. The Kier molecular flexibility index (Phi) is 6.56. The van der Waals surface area contributed by atoms with E-state index >= 15 is 0 Å². The van der Waals surface area contributed by atoms with Gasteiger partial charge in [-0.2, -0.15) is 0 Å². The minimum atomic E-state index is -0.295. The molecule has 0 spiro atoms. The summed E-state index contributed by atoms with van der Waals surface area (Å²) in [5.41, 5.74) is 1.75. The van der Waals surface area contributed by atoms with Gasteiger partial charge < -0.3 is 15.5 Å². The predicted octanol–water partition coefficient (Wildman–Crippen LogP) is 2.00. The summed E-state index contributed by atoms with van der Waals surface area (Å²) in [6, 6.07) is 7.47. The van der Waals surface area contributed by atoms with Gasteiger partial charge in [-0.3, -0.25) is 9.59 Å². The van der Waals surface area contributed by atoms with Crippen molar-refractivity contribution in [3.8, 4) is 0 Å². The number of benzene rings is 1. The second-order valence-corrected chi connectivity index (χ2v) is 4.87. The van der Waals surface area contributed by atoms with Gasteiger partial charge in [0.15, 0.2) is 0 Å². The first-order valence-electron chi connectivity index (χ1n) is 6.87. The number of unbranched alkanes of at least 4 members (excludes halogenated alkanes) is 1. The van der Waals surface area contributed by atoms with Crippen LogP contribution in [0.15, 0.2) is 24.3 Å². The van der Waals surface area contributed by atoms with E-state index in [9.17, 15) is 9.59 Å². The van der Waals surface area contributed by atoms with Crippen LogP contribution in [0.25, 0.3) is 0 Å². The standard InChI is InChI=1S/C15H23N3O2/c1-4-5-10-16-14(19)11-15(20)17-12-6-8-13(9-7-12)18(2)3/h6-9H,4-5,10-11H2,1-3H3,(H,16,19)(H,17,20). The van der Waals surface area contributed by atoms with E-state index in [2.05, 4.69) is 17.6 Å². The van der Waals surface area contributed by atoms with Crippen LogP contribution >= 0.6 is 0 Å². The van der Waals surface area contributed by atoms with Crippen LogP contribution in [-0.2, 0) is 9.59 Å². The molecule has 1 aromatic rings. The summed E-state index contributed by atoms with van der Waals surface area (Å²) >= 11 is 0. The molecule has 110 valence electrons. The van der Waals surface area contributed by atoms with E-state index in [-0.39, 0.29) is 18.2 Å². The van der Waals surface area contributed by atoms with Crippen molar-refractivity contribution in [3.05, 3.63) is 24.3 Å². The summed E-state index contributed by atoms with van der Waals surface area (Å²) in [6.07, 6.45) is 1.81. The lowest BCUT2D eigenvalue weighted by Crippen LogP contribution is -2.28. The molecule has 0 saturated heterocycles. The molecule has 0 unspecified atom stereocenters. The maximum Gasteiger partial charge on any atom is 0.233 e. The molecular weight excluding hydrogens is 254 g/mol. The number of nitrogens with one attached hydrogen (secondary N) is 2. The van der Waals surface area contributed by atoms with Gasteiger partial charge in [-0.1, -0.05) is 13.3 Å². The average Bonchev–Trinajstić information content (AvgIpc) is 2.39. The van der Waals surface area contributed by atoms with Crippen molar-refractivity contribution in [2.45, 2.75) is 26.2 Å². The van der Waals surface area contributed by atoms with Crippen molar-refractivity contribution in [1.82, 2.24) is 5.32 Å². The maximum absolute atomic E-state index is 11.7. The molecule has 0 aromatic heterocycles. The lowest BCUT2D eigenvalue weighted by atomic mass is 10.2. The Labute approximate surface area is 120 Å². The Bertz CT molecular complexity index is 441. The molecule has 2 N–H and O–H groups in total. The van der Waals surface area contributed by atoms with Gasteiger partial charge in [0.1, 0.15) is 6.42 Å². The van der Waals surface area contributed by atoms with Crippen LogP contribution in [-0.4, -0.2) is 32.5 Å². The van der Waals surface area contributed by atoms with Crippen LogP contribution in [0.1, 0.15) is 26.2 Å². The van der Waals surface area contributed by atoms with Gasteiger partial charge >= 0.3 is 0 Å². The lowest BCUT2D eigenvalue weighted by Gasteiger charge is -2.13. The highest BCUT2D eigenvalue weighted by Gasteiger charge is 2.09. The fourth-order valence-electron chi connectivity index (χ4n) is 1.66. The van der Waals surface area contributed by atoms with E-state index < -0.39 is 0 Å². The summed E-state index contributed by atoms with van der Waals surface area (Å²) in [5.74, 6) is -0.530. The molecule has 20 heavy (non-hydrogen) atoms. The quantitative estimate of drug-likeness (QED) is 0.592. The summed E-state index contributed by atoms with van der Waals surface area (Å²) in [6.45, 7) is 2.68. The number of carbonyl (C=O) groups excluding carboxylic acids is 2. The van der Waals surface area contributed by atoms with Crippen LogP contribution in [0.5, 0.6) is 0 Å². The van der Waals surface area contributed by atoms with E-state index in [0.717, 1.165) is 18.5 Å². The molecule has 0 fully saturated rings. The smallest absolute Gasteiger partial charge is 0.233 e. The third kappa shape index (κ3) is 5.73. The third-order valence-corrected chi connectivity index (χ3v) is 2.84. The van der Waals surface area contributed by atoms with E-state index in [1.165, 1.54) is 0 Å². The highest BCUT2D eigenvalue weighted by molar-refractivity contribution is 6.03. The zero-order valence-electron chi connectivity index (χ0n) is 12.4. The van der Waals surface area contributed by atoms with Gasteiger partial charge in [-0.15, -0.1) is 0 Å².